The van der Waals surface area contributed by atoms with Crippen molar-refractivity contribution in [1.82, 2.24) is 0 Å². The van der Waals surface area contributed by atoms with Crippen LogP contribution < -0.4 is 0 Å². The zero-order chi connectivity index (χ0) is 14.3. The minimum Gasteiger partial charge on any atom is -0.478 e. The monoisotopic (exact) mass is 322 g/mol. The lowest BCUT2D eigenvalue weighted by Gasteiger charge is -2.13. The van der Waals surface area contributed by atoms with Crippen LogP contribution in [0.3, 0.4) is 0 Å². The predicted octanol–water partition coefficient (Wildman–Crippen LogP) is 3.62. The highest BCUT2D eigenvalue weighted by molar-refractivity contribution is 9.10. The van der Waals surface area contributed by atoms with Gasteiger partial charge in [0.05, 0.1) is 11.1 Å². The van der Waals surface area contributed by atoms with E-state index in [2.05, 4.69) is 15.9 Å². The van der Waals surface area contributed by atoms with Crippen LogP contribution in [0.4, 0.5) is 0 Å². The van der Waals surface area contributed by atoms with Gasteiger partial charge in [0.1, 0.15) is 0 Å². The Hall–Kier alpha value is -1.88. The number of hydrogen-bond acceptors (Lipinski definition) is 2. The van der Waals surface area contributed by atoms with E-state index in [-0.39, 0.29) is 11.1 Å². The van der Waals surface area contributed by atoms with Gasteiger partial charge < -0.3 is 10.2 Å². The SMILES string of the molecule is Cc1c(Br)c(C(=O)O)c(C)c2ccc(C(=O)O)cc12. The van der Waals surface area contributed by atoms with Gasteiger partial charge in [0.15, 0.2) is 0 Å². The summed E-state index contributed by atoms with van der Waals surface area (Å²) >= 11 is 3.29. The number of halogens is 1. The first kappa shape index (κ1) is 13.5. The third-order valence-electron chi connectivity index (χ3n) is 3.21. The van der Waals surface area contributed by atoms with Crippen molar-refractivity contribution in [2.45, 2.75) is 13.8 Å². The number of hydrogen-bond donors (Lipinski definition) is 2. The summed E-state index contributed by atoms with van der Waals surface area (Å²) in [6, 6.07) is 4.70. The van der Waals surface area contributed by atoms with Gasteiger partial charge in [0, 0.05) is 4.47 Å². The summed E-state index contributed by atoms with van der Waals surface area (Å²) in [6.45, 7) is 3.49. The molecule has 4 nitrogen and oxygen atoms in total. The first-order valence-corrected chi connectivity index (χ1v) is 6.33. The van der Waals surface area contributed by atoms with Crippen LogP contribution in [0.15, 0.2) is 22.7 Å². The van der Waals surface area contributed by atoms with E-state index in [0.717, 1.165) is 16.3 Å². The quantitative estimate of drug-likeness (QED) is 0.885. The number of carboxylic acid groups (broad SMARTS) is 2. The van der Waals surface area contributed by atoms with Crippen LogP contribution in [0.2, 0.25) is 0 Å². The number of fused-ring (bicyclic) bond motifs is 1. The molecule has 0 radical (unpaired) electrons. The van der Waals surface area contributed by atoms with Gasteiger partial charge in [-0.2, -0.15) is 0 Å². The molecule has 0 atom stereocenters. The number of carboxylic acids is 2. The summed E-state index contributed by atoms with van der Waals surface area (Å²) in [4.78, 5) is 22.3. The second-order valence-corrected chi connectivity index (χ2v) is 5.10. The van der Waals surface area contributed by atoms with Crippen molar-refractivity contribution in [3.63, 3.8) is 0 Å². The zero-order valence-electron chi connectivity index (χ0n) is 10.3. The van der Waals surface area contributed by atoms with Crippen LogP contribution >= 0.6 is 15.9 Å². The van der Waals surface area contributed by atoms with Gasteiger partial charge in [-0.3, -0.25) is 0 Å². The molecule has 0 saturated heterocycles. The van der Waals surface area contributed by atoms with Crippen molar-refractivity contribution in [1.29, 1.82) is 0 Å². The minimum atomic E-state index is -1.00. The normalized spacial score (nSPS) is 10.7. The molecule has 0 fully saturated rings. The summed E-state index contributed by atoms with van der Waals surface area (Å²) in [5, 5.41) is 19.8. The van der Waals surface area contributed by atoms with Crippen molar-refractivity contribution >= 4 is 38.6 Å². The van der Waals surface area contributed by atoms with Crippen LogP contribution in [0.1, 0.15) is 31.8 Å². The Morgan fingerprint density at radius 1 is 1.00 bits per heavy atom. The molecule has 19 heavy (non-hydrogen) atoms. The molecular formula is C14H11BrO4. The van der Waals surface area contributed by atoms with Crippen LogP contribution in [-0.2, 0) is 0 Å². The Labute approximate surface area is 117 Å². The van der Waals surface area contributed by atoms with Crippen LogP contribution in [0, 0.1) is 13.8 Å². The maximum absolute atomic E-state index is 11.3. The molecule has 0 aliphatic carbocycles. The second-order valence-electron chi connectivity index (χ2n) is 4.31. The fraction of sp³-hybridized carbons (Fsp3) is 0.143. The average molecular weight is 323 g/mol. The van der Waals surface area contributed by atoms with Gasteiger partial charge in [-0.1, -0.05) is 6.07 Å². The van der Waals surface area contributed by atoms with E-state index >= 15 is 0 Å². The molecular weight excluding hydrogens is 312 g/mol. The van der Waals surface area contributed by atoms with Crippen molar-refractivity contribution in [3.05, 3.63) is 44.9 Å². The van der Waals surface area contributed by atoms with E-state index < -0.39 is 11.9 Å². The maximum atomic E-state index is 11.3. The van der Waals surface area contributed by atoms with E-state index in [0.29, 0.717) is 10.0 Å². The Kier molecular flexibility index (Phi) is 3.32. The fourth-order valence-electron chi connectivity index (χ4n) is 2.17. The predicted molar refractivity (Wildman–Crippen MR) is 75.0 cm³/mol. The van der Waals surface area contributed by atoms with Crippen molar-refractivity contribution in [2.75, 3.05) is 0 Å². The highest BCUT2D eigenvalue weighted by atomic mass is 79.9. The number of carbonyl (C=O) groups is 2. The standard InChI is InChI=1S/C14H11BrO4/c1-6-9-4-3-8(13(16)17)5-10(9)7(2)12(15)11(6)14(18)19/h3-5H,1-2H3,(H,16,17)(H,18,19). The Balaban J connectivity index is 2.93. The van der Waals surface area contributed by atoms with Gasteiger partial charge >= 0.3 is 11.9 Å². The van der Waals surface area contributed by atoms with Crippen molar-refractivity contribution in [3.8, 4) is 0 Å². The largest absolute Gasteiger partial charge is 0.478 e. The van der Waals surface area contributed by atoms with Gasteiger partial charge in [-0.05, 0) is 63.8 Å². The molecule has 2 rings (SSSR count). The number of aryl methyl sites for hydroxylation is 2. The maximum Gasteiger partial charge on any atom is 0.337 e. The molecule has 0 aliphatic rings. The van der Waals surface area contributed by atoms with Crippen LogP contribution in [0.25, 0.3) is 10.8 Å². The third kappa shape index (κ3) is 2.10. The molecule has 5 heteroatoms. The molecule has 0 heterocycles. The highest BCUT2D eigenvalue weighted by Gasteiger charge is 2.18. The number of rotatable bonds is 2. The van der Waals surface area contributed by atoms with Gasteiger partial charge in [0.2, 0.25) is 0 Å². The average Bonchev–Trinajstić information content (AvgIpc) is 2.35. The van der Waals surface area contributed by atoms with E-state index in [1.54, 1.807) is 26.0 Å². The number of benzene rings is 2. The summed E-state index contributed by atoms with van der Waals surface area (Å²) in [5.74, 6) is -2.01. The van der Waals surface area contributed by atoms with E-state index in [4.69, 9.17) is 5.11 Å². The summed E-state index contributed by atoms with van der Waals surface area (Å²) in [7, 11) is 0. The summed E-state index contributed by atoms with van der Waals surface area (Å²) in [6.07, 6.45) is 0. The molecule has 2 N–H and O–H groups in total. The Morgan fingerprint density at radius 2 is 1.63 bits per heavy atom. The topological polar surface area (TPSA) is 74.6 Å². The van der Waals surface area contributed by atoms with Gasteiger partial charge in [0.25, 0.3) is 0 Å². The van der Waals surface area contributed by atoms with Crippen LogP contribution in [0.5, 0.6) is 0 Å². The van der Waals surface area contributed by atoms with E-state index in [1.165, 1.54) is 6.07 Å². The second kappa shape index (κ2) is 4.66. The van der Waals surface area contributed by atoms with Crippen LogP contribution in [-0.4, -0.2) is 22.2 Å². The molecule has 2 aromatic carbocycles. The summed E-state index contributed by atoms with van der Waals surface area (Å²) < 4.78 is 0.493. The van der Waals surface area contributed by atoms with Gasteiger partial charge in [-0.25, -0.2) is 9.59 Å². The molecule has 0 aromatic heterocycles. The minimum absolute atomic E-state index is 0.185. The lowest BCUT2D eigenvalue weighted by molar-refractivity contribution is 0.0685. The van der Waals surface area contributed by atoms with Gasteiger partial charge in [-0.15, -0.1) is 0 Å². The van der Waals surface area contributed by atoms with Crippen molar-refractivity contribution < 1.29 is 19.8 Å². The molecule has 98 valence electrons. The van der Waals surface area contributed by atoms with Crippen molar-refractivity contribution in [2.24, 2.45) is 0 Å². The first-order valence-electron chi connectivity index (χ1n) is 5.53. The molecule has 0 amide bonds. The van der Waals surface area contributed by atoms with E-state index in [1.807, 2.05) is 0 Å². The number of aromatic carboxylic acids is 2. The molecule has 0 bridgehead atoms. The molecule has 0 unspecified atom stereocenters. The smallest absolute Gasteiger partial charge is 0.337 e. The lowest BCUT2D eigenvalue weighted by Crippen LogP contribution is -2.04. The molecule has 0 spiro atoms. The molecule has 0 saturated carbocycles. The molecule has 2 aromatic rings. The lowest BCUT2D eigenvalue weighted by atomic mass is 9.94. The zero-order valence-corrected chi connectivity index (χ0v) is 11.9. The fourth-order valence-corrected chi connectivity index (χ4v) is 2.85. The Bertz CT molecular complexity index is 719. The first-order chi connectivity index (χ1) is 8.84. The summed E-state index contributed by atoms with van der Waals surface area (Å²) in [5.41, 5.74) is 1.75. The highest BCUT2D eigenvalue weighted by Crippen LogP contribution is 2.34. The molecule has 0 aliphatic heterocycles. The van der Waals surface area contributed by atoms with E-state index in [9.17, 15) is 14.7 Å². The third-order valence-corrected chi connectivity index (χ3v) is 4.20. The Morgan fingerprint density at radius 3 is 2.16 bits per heavy atom.